The van der Waals surface area contributed by atoms with E-state index in [1.54, 1.807) is 12.3 Å². The smallest absolute Gasteiger partial charge is 0.336 e. The number of morpholine rings is 1. The summed E-state index contributed by atoms with van der Waals surface area (Å²) in [6, 6.07) is 17.1. The second-order valence-electron chi connectivity index (χ2n) is 10.7. The Kier molecular flexibility index (Phi) is 9.00. The summed E-state index contributed by atoms with van der Waals surface area (Å²) in [5.41, 5.74) is 6.39. The third-order valence-corrected chi connectivity index (χ3v) is 7.43. The van der Waals surface area contributed by atoms with Crippen molar-refractivity contribution in [2.75, 3.05) is 32.9 Å². The molecule has 2 N–H and O–H groups in total. The highest BCUT2D eigenvalue weighted by atomic mass is 16.5. The molecule has 4 aromatic rings. The fourth-order valence-corrected chi connectivity index (χ4v) is 5.41. The first kappa shape index (κ1) is 29.0. The normalized spacial score (nSPS) is 14.0. The van der Waals surface area contributed by atoms with E-state index in [4.69, 9.17) is 9.47 Å². The first-order valence-electron chi connectivity index (χ1n) is 14.0. The van der Waals surface area contributed by atoms with Gasteiger partial charge >= 0.3 is 5.97 Å². The van der Waals surface area contributed by atoms with E-state index in [1.807, 2.05) is 75.5 Å². The monoisotopic (exact) mass is 568 g/mol. The van der Waals surface area contributed by atoms with Crippen molar-refractivity contribution >= 4 is 29.0 Å². The molecule has 0 bridgehead atoms. The summed E-state index contributed by atoms with van der Waals surface area (Å²) >= 11 is 0. The maximum Gasteiger partial charge on any atom is 0.336 e. The van der Waals surface area contributed by atoms with E-state index in [0.717, 1.165) is 51.8 Å². The Morgan fingerprint density at radius 2 is 1.83 bits per heavy atom. The van der Waals surface area contributed by atoms with Crippen molar-refractivity contribution in [2.24, 2.45) is 5.10 Å². The molecule has 0 spiro atoms. The van der Waals surface area contributed by atoms with Gasteiger partial charge in [0.15, 0.2) is 6.61 Å². The van der Waals surface area contributed by atoms with Crippen LogP contribution in [0.25, 0.3) is 10.9 Å². The molecule has 3 aromatic carbocycles. The standard InChI is InChI=1S/C33H36N4O5/c1-22-15-23(2)32(24(3)16-22)42-21-31(38)37(35-18-26-5-4-6-30-28(26)9-10-34-30)20-27-17-25(7-8-29(27)33(39)40)19-36-11-13-41-14-12-36/h4-10,15-18,34H,11-14,19-21H2,1-3H3,(H,39,40)/b35-18+. The maximum absolute atomic E-state index is 13.6. The molecule has 0 saturated carbocycles. The molecule has 9 nitrogen and oxygen atoms in total. The van der Waals surface area contributed by atoms with Crippen LogP contribution < -0.4 is 4.74 Å². The largest absolute Gasteiger partial charge is 0.483 e. The predicted octanol–water partition coefficient (Wildman–Crippen LogP) is 5.07. The molecule has 2 heterocycles. The quantitative estimate of drug-likeness (QED) is 0.204. The Bertz CT molecular complexity index is 1600. The fourth-order valence-electron chi connectivity index (χ4n) is 5.41. The number of rotatable bonds is 10. The number of hydrogen-bond acceptors (Lipinski definition) is 6. The number of carbonyl (C=O) groups excluding carboxylic acids is 1. The number of aromatic amines is 1. The van der Waals surface area contributed by atoms with Crippen molar-refractivity contribution in [3.05, 3.63) is 99.7 Å². The van der Waals surface area contributed by atoms with Gasteiger partial charge < -0.3 is 19.6 Å². The lowest BCUT2D eigenvalue weighted by Gasteiger charge is -2.27. The van der Waals surface area contributed by atoms with Crippen molar-refractivity contribution in [3.63, 3.8) is 0 Å². The van der Waals surface area contributed by atoms with Crippen LogP contribution in [0.2, 0.25) is 0 Å². The summed E-state index contributed by atoms with van der Waals surface area (Å²) in [6.07, 6.45) is 3.48. The molecular formula is C33H36N4O5. The van der Waals surface area contributed by atoms with Crippen LogP contribution in [0.1, 0.15) is 43.7 Å². The Morgan fingerprint density at radius 3 is 2.57 bits per heavy atom. The molecule has 0 unspecified atom stereocenters. The zero-order valence-corrected chi connectivity index (χ0v) is 24.2. The number of carboxylic acid groups (broad SMARTS) is 1. The van der Waals surface area contributed by atoms with Gasteiger partial charge in [0.25, 0.3) is 5.91 Å². The van der Waals surface area contributed by atoms with Crippen molar-refractivity contribution in [1.82, 2.24) is 14.9 Å². The highest BCUT2D eigenvalue weighted by Gasteiger charge is 2.21. The number of carboxylic acids is 1. The van der Waals surface area contributed by atoms with Crippen LogP contribution in [0.15, 0.2) is 65.9 Å². The number of aryl methyl sites for hydroxylation is 3. The molecule has 0 atom stereocenters. The van der Waals surface area contributed by atoms with Crippen LogP contribution in [0, 0.1) is 20.8 Å². The summed E-state index contributed by atoms with van der Waals surface area (Å²) < 4.78 is 11.5. The Labute approximate surface area is 245 Å². The molecule has 1 fully saturated rings. The first-order chi connectivity index (χ1) is 20.3. The number of aromatic carboxylic acids is 1. The minimum Gasteiger partial charge on any atom is -0.483 e. The lowest BCUT2D eigenvalue weighted by Crippen LogP contribution is -2.35. The van der Waals surface area contributed by atoms with Gasteiger partial charge in [0.1, 0.15) is 5.75 Å². The number of hydrogen-bond donors (Lipinski definition) is 2. The zero-order valence-electron chi connectivity index (χ0n) is 24.2. The number of ether oxygens (including phenoxy) is 2. The third kappa shape index (κ3) is 6.87. The van der Waals surface area contributed by atoms with Gasteiger partial charge in [-0.15, -0.1) is 0 Å². The number of nitrogens with zero attached hydrogens (tertiary/aromatic N) is 3. The van der Waals surface area contributed by atoms with Crippen LogP contribution in [0.3, 0.4) is 0 Å². The highest BCUT2D eigenvalue weighted by molar-refractivity contribution is 5.99. The average Bonchev–Trinajstić information content (AvgIpc) is 3.45. The third-order valence-electron chi connectivity index (χ3n) is 7.43. The summed E-state index contributed by atoms with van der Waals surface area (Å²) in [7, 11) is 0. The van der Waals surface area contributed by atoms with Gasteiger partial charge in [-0.3, -0.25) is 9.69 Å². The van der Waals surface area contributed by atoms with Crippen LogP contribution in [0.4, 0.5) is 0 Å². The molecule has 0 radical (unpaired) electrons. The van der Waals surface area contributed by atoms with E-state index in [-0.39, 0.29) is 24.6 Å². The number of carbonyl (C=O) groups is 2. The minimum absolute atomic E-state index is 0.0216. The molecule has 1 aromatic heterocycles. The van der Waals surface area contributed by atoms with E-state index in [0.29, 0.717) is 31.1 Å². The number of amides is 1. The van der Waals surface area contributed by atoms with Gasteiger partial charge in [-0.05, 0) is 61.2 Å². The molecule has 1 saturated heterocycles. The Morgan fingerprint density at radius 1 is 1.07 bits per heavy atom. The van der Waals surface area contributed by atoms with E-state index < -0.39 is 5.97 Å². The van der Waals surface area contributed by atoms with E-state index in [2.05, 4.69) is 15.0 Å². The molecule has 218 valence electrons. The van der Waals surface area contributed by atoms with Gasteiger partial charge in [0.2, 0.25) is 0 Å². The molecule has 1 aliphatic heterocycles. The van der Waals surface area contributed by atoms with Crippen molar-refractivity contribution < 1.29 is 24.2 Å². The number of aromatic nitrogens is 1. The fraction of sp³-hybridized carbons (Fsp3) is 0.303. The predicted molar refractivity (Wildman–Crippen MR) is 162 cm³/mol. The molecule has 1 amide bonds. The molecule has 1 aliphatic rings. The van der Waals surface area contributed by atoms with E-state index in [1.165, 1.54) is 5.01 Å². The summed E-state index contributed by atoms with van der Waals surface area (Å²) in [4.78, 5) is 31.3. The van der Waals surface area contributed by atoms with Crippen molar-refractivity contribution in [3.8, 4) is 5.75 Å². The van der Waals surface area contributed by atoms with Gasteiger partial charge in [0, 0.05) is 42.3 Å². The lowest BCUT2D eigenvalue weighted by molar-refractivity contribution is -0.134. The van der Waals surface area contributed by atoms with Gasteiger partial charge in [0.05, 0.1) is 31.5 Å². The number of H-pyrrole nitrogens is 1. The SMILES string of the molecule is Cc1cc(C)c(OCC(=O)N(Cc2cc(CN3CCOCC3)ccc2C(=O)O)/N=C/c2cccc3[nH]ccc23)c(C)c1. The molecular weight excluding hydrogens is 532 g/mol. The first-order valence-corrected chi connectivity index (χ1v) is 14.0. The van der Waals surface area contributed by atoms with E-state index in [9.17, 15) is 14.7 Å². The van der Waals surface area contributed by atoms with Crippen LogP contribution in [-0.2, 0) is 22.6 Å². The second kappa shape index (κ2) is 13.0. The number of fused-ring (bicyclic) bond motifs is 1. The van der Waals surface area contributed by atoms with Crippen molar-refractivity contribution in [2.45, 2.75) is 33.9 Å². The number of nitrogens with one attached hydrogen (secondary N) is 1. The highest BCUT2D eigenvalue weighted by Crippen LogP contribution is 2.25. The number of hydrazone groups is 1. The molecule has 42 heavy (non-hydrogen) atoms. The number of benzene rings is 3. The Hall–Kier alpha value is -4.47. The van der Waals surface area contributed by atoms with Crippen LogP contribution in [0.5, 0.6) is 5.75 Å². The maximum atomic E-state index is 13.6. The molecule has 5 rings (SSSR count). The Balaban J connectivity index is 1.44. The minimum atomic E-state index is -1.06. The van der Waals surface area contributed by atoms with Crippen LogP contribution >= 0.6 is 0 Å². The van der Waals surface area contributed by atoms with Gasteiger partial charge in [-0.1, -0.05) is 42.0 Å². The zero-order chi connectivity index (χ0) is 29.6. The lowest BCUT2D eigenvalue weighted by atomic mass is 10.0. The van der Waals surface area contributed by atoms with Gasteiger partial charge in [-0.2, -0.15) is 5.10 Å². The average molecular weight is 569 g/mol. The summed E-state index contributed by atoms with van der Waals surface area (Å²) in [5.74, 6) is -0.783. The van der Waals surface area contributed by atoms with Gasteiger partial charge in [-0.25, -0.2) is 9.80 Å². The van der Waals surface area contributed by atoms with Crippen LogP contribution in [-0.4, -0.2) is 71.0 Å². The van der Waals surface area contributed by atoms with Crippen molar-refractivity contribution in [1.29, 1.82) is 0 Å². The van der Waals surface area contributed by atoms with E-state index >= 15 is 0 Å². The summed E-state index contributed by atoms with van der Waals surface area (Å²) in [6.45, 7) is 9.28. The summed E-state index contributed by atoms with van der Waals surface area (Å²) in [5, 5.41) is 16.8. The topological polar surface area (TPSA) is 107 Å². The second-order valence-corrected chi connectivity index (χ2v) is 10.7. The molecule has 9 heteroatoms. The molecule has 0 aliphatic carbocycles.